The fraction of sp³-hybridized carbons (Fsp3) is 0.700. The van der Waals surface area contributed by atoms with E-state index < -0.39 is 0 Å². The Kier molecular flexibility index (Phi) is 12.4. The molecular weight excluding hydrogens is 497 g/mol. The molecule has 0 radical (unpaired) electrons. The number of rotatable bonds is 12. The molecule has 0 spiro atoms. The molecule has 2 aliphatic rings. The van der Waals surface area contributed by atoms with Crippen LogP contribution in [0.15, 0.2) is 24.3 Å². The van der Waals surface area contributed by atoms with Gasteiger partial charge in [-0.2, -0.15) is 0 Å². The third-order valence-corrected chi connectivity index (χ3v) is 14.2. The minimum Gasteiger partial charge on any atom is -0.461 e. The van der Waals surface area contributed by atoms with E-state index in [-0.39, 0.29) is 11.9 Å². The van der Waals surface area contributed by atoms with Crippen LogP contribution in [0.5, 0.6) is 0 Å². The van der Waals surface area contributed by atoms with Crippen LogP contribution in [0.25, 0.3) is 0 Å². The third kappa shape index (κ3) is 9.98. The van der Waals surface area contributed by atoms with Crippen molar-refractivity contribution < 1.29 is 19.1 Å². The van der Waals surface area contributed by atoms with Crippen molar-refractivity contribution in [3.05, 3.63) is 24.3 Å². The van der Waals surface area contributed by atoms with Crippen LogP contribution in [-0.4, -0.2) is 72.4 Å². The van der Waals surface area contributed by atoms with Crippen molar-refractivity contribution in [3.8, 4) is 0 Å². The molecule has 2 fully saturated rings. The maximum Gasteiger partial charge on any atom is 0.333 e. The lowest BCUT2D eigenvalue weighted by Crippen LogP contribution is -2.16. The molecule has 0 N–H and O–H groups in total. The summed E-state index contributed by atoms with van der Waals surface area (Å²) in [6, 6.07) is 0. The SMILES string of the molecule is C=C(C)C(=O)OCC1CSC(CSC(C)SCC2SCC(COC(=O)C(=C)C)S2)S1. The van der Waals surface area contributed by atoms with Crippen LogP contribution >= 0.6 is 70.6 Å². The maximum atomic E-state index is 11.5. The predicted octanol–water partition coefficient (Wildman–Crippen LogP) is 5.39. The molecule has 4 atom stereocenters. The molecule has 10 heteroatoms. The number of hydrogen-bond acceptors (Lipinski definition) is 10. The Morgan fingerprint density at radius 3 is 1.67 bits per heavy atom. The number of thioether (sulfide) groups is 6. The van der Waals surface area contributed by atoms with Crippen molar-refractivity contribution in [2.24, 2.45) is 0 Å². The second-order valence-electron chi connectivity index (χ2n) is 7.03. The van der Waals surface area contributed by atoms with E-state index in [1.54, 1.807) is 13.8 Å². The van der Waals surface area contributed by atoms with Gasteiger partial charge in [0.1, 0.15) is 13.2 Å². The van der Waals surface area contributed by atoms with Gasteiger partial charge in [0, 0.05) is 49.2 Å². The van der Waals surface area contributed by atoms with Crippen molar-refractivity contribution in [1.82, 2.24) is 0 Å². The van der Waals surface area contributed by atoms with Crippen molar-refractivity contribution in [3.63, 3.8) is 0 Å². The molecule has 2 aliphatic heterocycles. The summed E-state index contributed by atoms with van der Waals surface area (Å²) in [5.41, 5.74) is 0.919. The predicted molar refractivity (Wildman–Crippen MR) is 141 cm³/mol. The number of esters is 2. The summed E-state index contributed by atoms with van der Waals surface area (Å²) in [6.45, 7) is 13.8. The monoisotopic (exact) mass is 526 g/mol. The van der Waals surface area contributed by atoms with Gasteiger partial charge in [0.25, 0.3) is 0 Å². The average Bonchev–Trinajstić information content (AvgIpc) is 3.36. The molecule has 0 aromatic carbocycles. The quantitative estimate of drug-likeness (QED) is 0.188. The van der Waals surface area contributed by atoms with Crippen molar-refractivity contribution in [2.75, 3.05) is 36.2 Å². The molecular formula is C20H30O4S6. The lowest BCUT2D eigenvalue weighted by Gasteiger charge is -2.16. The van der Waals surface area contributed by atoms with E-state index >= 15 is 0 Å². The number of ether oxygens (including phenoxy) is 2. The second kappa shape index (κ2) is 13.9. The summed E-state index contributed by atoms with van der Waals surface area (Å²) < 4.78 is 12.3. The topological polar surface area (TPSA) is 52.6 Å². The van der Waals surface area contributed by atoms with Gasteiger partial charge in [0.15, 0.2) is 0 Å². The molecule has 0 saturated carbocycles. The lowest BCUT2D eigenvalue weighted by atomic mass is 10.4. The first kappa shape index (κ1) is 26.8. The molecule has 2 rings (SSSR count). The first-order valence-electron chi connectivity index (χ1n) is 9.67. The van der Waals surface area contributed by atoms with E-state index in [2.05, 4.69) is 20.1 Å². The Labute approximate surface area is 206 Å². The zero-order chi connectivity index (χ0) is 22.1. The summed E-state index contributed by atoms with van der Waals surface area (Å²) in [5.74, 6) is 3.71. The van der Waals surface area contributed by atoms with Crippen molar-refractivity contribution in [2.45, 2.75) is 45.0 Å². The lowest BCUT2D eigenvalue weighted by molar-refractivity contribution is -0.139. The maximum absolute atomic E-state index is 11.5. The first-order chi connectivity index (χ1) is 14.2. The minimum absolute atomic E-state index is 0.290. The van der Waals surface area contributed by atoms with E-state index in [0.29, 0.717) is 48.6 Å². The molecule has 4 nitrogen and oxygen atoms in total. The Balaban J connectivity index is 1.54. The standard InChI is InChI=1S/C20H30O4S6/c1-12(2)19(21)23-6-15-8-27-17(29-15)10-25-14(5)26-11-18-28-9-16(30-18)7-24-20(22)13(3)4/h14-18H,1,3,6-11H2,2,4-5H3. The zero-order valence-electron chi connectivity index (χ0n) is 17.6. The Morgan fingerprint density at radius 1 is 0.900 bits per heavy atom. The second-order valence-corrected chi connectivity index (χ2v) is 16.2. The summed E-state index contributed by atoms with van der Waals surface area (Å²) >= 11 is 11.8. The van der Waals surface area contributed by atoms with E-state index in [4.69, 9.17) is 9.47 Å². The Morgan fingerprint density at radius 2 is 1.30 bits per heavy atom. The smallest absolute Gasteiger partial charge is 0.333 e. The fourth-order valence-electron chi connectivity index (χ4n) is 2.43. The first-order valence-corrected chi connectivity index (χ1v) is 15.7. The van der Waals surface area contributed by atoms with Gasteiger partial charge in [-0.05, 0) is 20.8 Å². The zero-order valence-corrected chi connectivity index (χ0v) is 22.5. The van der Waals surface area contributed by atoms with Crippen LogP contribution in [0.2, 0.25) is 0 Å². The summed E-state index contributed by atoms with van der Waals surface area (Å²) in [7, 11) is 0. The normalized spacial score (nSPS) is 26.9. The van der Waals surface area contributed by atoms with Gasteiger partial charge >= 0.3 is 11.9 Å². The molecule has 30 heavy (non-hydrogen) atoms. The van der Waals surface area contributed by atoms with Crippen LogP contribution in [-0.2, 0) is 19.1 Å². The van der Waals surface area contributed by atoms with Crippen LogP contribution in [0, 0.1) is 0 Å². The number of carbonyl (C=O) groups is 2. The third-order valence-electron chi connectivity index (χ3n) is 4.06. The van der Waals surface area contributed by atoms with Gasteiger partial charge in [-0.1, -0.05) is 13.2 Å². The van der Waals surface area contributed by atoms with Gasteiger partial charge in [-0.3, -0.25) is 0 Å². The largest absolute Gasteiger partial charge is 0.461 e. The molecule has 2 heterocycles. The average molecular weight is 527 g/mol. The van der Waals surface area contributed by atoms with Crippen LogP contribution in [0.1, 0.15) is 20.8 Å². The molecule has 170 valence electrons. The summed E-state index contributed by atoms with van der Waals surface area (Å²) in [4.78, 5) is 23.0. The number of hydrogen-bond donors (Lipinski definition) is 0. The molecule has 0 aliphatic carbocycles. The van der Waals surface area contributed by atoms with Crippen LogP contribution < -0.4 is 0 Å². The Bertz CT molecular complexity index is 576. The molecule has 0 amide bonds. The van der Waals surface area contributed by atoms with Gasteiger partial charge in [0.05, 0.1) is 9.16 Å². The van der Waals surface area contributed by atoms with E-state index in [1.807, 2.05) is 70.6 Å². The summed E-state index contributed by atoms with van der Waals surface area (Å²) in [5, 5.41) is 0.767. The highest BCUT2D eigenvalue weighted by Gasteiger charge is 2.29. The number of carbonyl (C=O) groups excluding carboxylic acids is 2. The van der Waals surface area contributed by atoms with Gasteiger partial charge in [0.2, 0.25) is 0 Å². The molecule has 4 unspecified atom stereocenters. The highest BCUT2D eigenvalue weighted by atomic mass is 32.2. The Hall–Kier alpha value is 0.520. The van der Waals surface area contributed by atoms with Gasteiger partial charge in [-0.15, -0.1) is 70.6 Å². The van der Waals surface area contributed by atoms with E-state index in [0.717, 1.165) is 23.0 Å². The molecule has 0 bridgehead atoms. The van der Waals surface area contributed by atoms with Crippen molar-refractivity contribution >= 4 is 82.5 Å². The van der Waals surface area contributed by atoms with Crippen molar-refractivity contribution in [1.29, 1.82) is 0 Å². The fourth-order valence-corrected chi connectivity index (χ4v) is 11.8. The highest BCUT2D eigenvalue weighted by molar-refractivity contribution is 8.24. The van der Waals surface area contributed by atoms with Crippen LogP contribution in [0.3, 0.4) is 0 Å². The highest BCUT2D eigenvalue weighted by Crippen LogP contribution is 2.43. The minimum atomic E-state index is -0.290. The van der Waals surface area contributed by atoms with Crippen LogP contribution in [0.4, 0.5) is 0 Å². The molecule has 0 aromatic heterocycles. The van der Waals surface area contributed by atoms with Gasteiger partial charge in [-0.25, -0.2) is 9.59 Å². The van der Waals surface area contributed by atoms with E-state index in [9.17, 15) is 9.59 Å². The molecule has 0 aromatic rings. The van der Waals surface area contributed by atoms with E-state index in [1.165, 1.54) is 0 Å². The van der Waals surface area contributed by atoms with Gasteiger partial charge < -0.3 is 9.47 Å². The molecule has 2 saturated heterocycles. The summed E-state index contributed by atoms with van der Waals surface area (Å²) in [6.07, 6.45) is 0.